The van der Waals surface area contributed by atoms with Crippen LogP contribution in [-0.4, -0.2) is 21.5 Å². The summed E-state index contributed by atoms with van der Waals surface area (Å²) in [5, 5.41) is 7.01. The van der Waals surface area contributed by atoms with Crippen molar-refractivity contribution in [1.29, 1.82) is 0 Å². The fourth-order valence-electron chi connectivity index (χ4n) is 3.44. The van der Waals surface area contributed by atoms with Gasteiger partial charge in [-0.05, 0) is 43.2 Å². The van der Waals surface area contributed by atoms with Crippen LogP contribution in [0.15, 0.2) is 43.1 Å². The van der Waals surface area contributed by atoms with Crippen molar-refractivity contribution in [3.63, 3.8) is 0 Å². The second kappa shape index (κ2) is 7.47. The minimum atomic E-state index is -0.283. The van der Waals surface area contributed by atoms with E-state index < -0.39 is 0 Å². The Kier molecular flexibility index (Phi) is 5.12. The van der Waals surface area contributed by atoms with E-state index in [1.165, 1.54) is 12.5 Å². The second-order valence-electron chi connectivity index (χ2n) is 6.49. The molecule has 0 spiro atoms. The molecule has 1 aliphatic rings. The van der Waals surface area contributed by atoms with Gasteiger partial charge >= 0.3 is 0 Å². The Labute approximate surface area is 147 Å². The lowest BCUT2D eigenvalue weighted by atomic mass is 9.83. The molecule has 1 heterocycles. The summed E-state index contributed by atoms with van der Waals surface area (Å²) in [6.45, 7) is 3.49. The smallest absolute Gasteiger partial charge is 0.247 e. The molecule has 0 unspecified atom stereocenters. The highest BCUT2D eigenvalue weighted by Gasteiger charge is 2.23. The molecule has 25 heavy (non-hydrogen) atoms. The molecule has 5 heteroatoms. The number of carbonyl (C=O) groups excluding carboxylic acids is 2. The highest BCUT2D eigenvalue weighted by Crippen LogP contribution is 2.32. The number of anilines is 1. The maximum Gasteiger partial charge on any atom is 0.247 e. The number of aryl methyl sites for hydroxylation is 1. The quantitative estimate of drug-likeness (QED) is 0.663. The zero-order valence-corrected chi connectivity index (χ0v) is 14.5. The largest absolute Gasteiger partial charge is 0.322 e. The molecule has 1 saturated carbocycles. The van der Waals surface area contributed by atoms with Gasteiger partial charge in [-0.15, -0.1) is 0 Å². The molecule has 5 nitrogen and oxygen atoms in total. The van der Waals surface area contributed by atoms with Gasteiger partial charge in [-0.3, -0.25) is 14.3 Å². The standard InChI is InChI=1S/C20H23N3O2/c1-3-19(24)22-17-10-9-15(20(25)14-7-5-4-6-8-14)13-16(17)18-11-12-21-23(18)2/h3,9-14H,1,4-8H2,2H3,(H,22,24). The maximum absolute atomic E-state index is 12.9. The summed E-state index contributed by atoms with van der Waals surface area (Å²) in [7, 11) is 1.84. The predicted molar refractivity (Wildman–Crippen MR) is 98.4 cm³/mol. The first-order chi connectivity index (χ1) is 12.1. The minimum absolute atomic E-state index is 0.113. The van der Waals surface area contributed by atoms with Crippen LogP contribution in [0.25, 0.3) is 11.3 Å². The lowest BCUT2D eigenvalue weighted by Crippen LogP contribution is -2.18. The highest BCUT2D eigenvalue weighted by atomic mass is 16.1. The van der Waals surface area contributed by atoms with E-state index in [1.54, 1.807) is 23.0 Å². The third-order valence-corrected chi connectivity index (χ3v) is 4.82. The number of nitrogens with zero attached hydrogens (tertiary/aromatic N) is 2. The Morgan fingerprint density at radius 3 is 2.64 bits per heavy atom. The molecule has 2 aromatic rings. The molecule has 1 aromatic heterocycles. The first kappa shape index (κ1) is 17.1. The lowest BCUT2D eigenvalue weighted by molar-refractivity contribution is -0.111. The van der Waals surface area contributed by atoms with Crippen LogP contribution in [0.4, 0.5) is 5.69 Å². The number of amides is 1. The fraction of sp³-hybridized carbons (Fsp3) is 0.350. The summed E-state index contributed by atoms with van der Waals surface area (Å²) in [5.74, 6) is 0.0289. The molecule has 1 N–H and O–H groups in total. The van der Waals surface area contributed by atoms with Crippen LogP contribution in [0, 0.1) is 5.92 Å². The molecule has 0 radical (unpaired) electrons. The van der Waals surface area contributed by atoms with Crippen LogP contribution >= 0.6 is 0 Å². The number of hydrogen-bond donors (Lipinski definition) is 1. The second-order valence-corrected chi connectivity index (χ2v) is 6.49. The summed E-state index contributed by atoms with van der Waals surface area (Å²) in [5.41, 5.74) is 2.97. The average molecular weight is 337 g/mol. The van der Waals surface area contributed by atoms with Gasteiger partial charge in [0.15, 0.2) is 5.78 Å². The van der Waals surface area contributed by atoms with Gasteiger partial charge in [-0.25, -0.2) is 0 Å². The van der Waals surface area contributed by atoms with Gasteiger partial charge in [0.2, 0.25) is 5.91 Å². The first-order valence-electron chi connectivity index (χ1n) is 8.70. The summed E-state index contributed by atoms with van der Waals surface area (Å²) in [6, 6.07) is 7.33. The van der Waals surface area contributed by atoms with E-state index in [2.05, 4.69) is 17.0 Å². The number of nitrogens with one attached hydrogen (secondary N) is 1. The molecule has 3 rings (SSSR count). The van der Waals surface area contributed by atoms with Crippen molar-refractivity contribution < 1.29 is 9.59 Å². The Bertz CT molecular complexity index is 801. The number of rotatable bonds is 5. The third-order valence-electron chi connectivity index (χ3n) is 4.82. The lowest BCUT2D eigenvalue weighted by Gasteiger charge is -2.21. The van der Waals surface area contributed by atoms with E-state index >= 15 is 0 Å². The van der Waals surface area contributed by atoms with Gasteiger partial charge < -0.3 is 5.32 Å². The molecular formula is C20H23N3O2. The van der Waals surface area contributed by atoms with Crippen molar-refractivity contribution in [1.82, 2.24) is 9.78 Å². The number of carbonyl (C=O) groups is 2. The topological polar surface area (TPSA) is 64.0 Å². The van der Waals surface area contributed by atoms with Crippen LogP contribution in [0.3, 0.4) is 0 Å². The number of benzene rings is 1. The fourth-order valence-corrected chi connectivity index (χ4v) is 3.44. The number of ketones is 1. The molecule has 1 aliphatic carbocycles. The van der Waals surface area contributed by atoms with Gasteiger partial charge in [-0.2, -0.15) is 5.10 Å². The summed E-state index contributed by atoms with van der Waals surface area (Å²) < 4.78 is 1.73. The zero-order chi connectivity index (χ0) is 17.8. The molecular weight excluding hydrogens is 314 g/mol. The molecule has 0 aliphatic heterocycles. The van der Waals surface area contributed by atoms with Crippen molar-refractivity contribution in [2.45, 2.75) is 32.1 Å². The minimum Gasteiger partial charge on any atom is -0.322 e. The van der Waals surface area contributed by atoms with E-state index in [9.17, 15) is 9.59 Å². The molecule has 130 valence electrons. The van der Waals surface area contributed by atoms with Gasteiger partial charge in [0.05, 0.1) is 11.4 Å². The SMILES string of the molecule is C=CC(=O)Nc1ccc(C(=O)C2CCCCC2)cc1-c1ccnn1C. The predicted octanol–water partition coefficient (Wildman–Crippen LogP) is 3.97. The number of hydrogen-bond acceptors (Lipinski definition) is 3. The molecule has 0 atom stereocenters. The van der Waals surface area contributed by atoms with Crippen LogP contribution in [-0.2, 0) is 11.8 Å². The van der Waals surface area contributed by atoms with Crippen LogP contribution in [0.1, 0.15) is 42.5 Å². The van der Waals surface area contributed by atoms with Crippen molar-refractivity contribution in [3.8, 4) is 11.3 Å². The normalized spacial score (nSPS) is 14.9. The first-order valence-corrected chi connectivity index (χ1v) is 8.70. The Balaban J connectivity index is 1.99. The monoisotopic (exact) mass is 337 g/mol. The van der Waals surface area contributed by atoms with Crippen LogP contribution in [0.2, 0.25) is 0 Å². The van der Waals surface area contributed by atoms with Crippen LogP contribution < -0.4 is 5.32 Å². The zero-order valence-electron chi connectivity index (χ0n) is 14.5. The van der Waals surface area contributed by atoms with Gasteiger partial charge in [-0.1, -0.05) is 25.8 Å². The summed E-state index contributed by atoms with van der Waals surface area (Å²) in [6.07, 6.45) is 8.33. The molecule has 0 bridgehead atoms. The van der Waals surface area contributed by atoms with Crippen molar-refractivity contribution in [2.75, 3.05) is 5.32 Å². The van der Waals surface area contributed by atoms with E-state index in [0.29, 0.717) is 11.3 Å². The summed E-state index contributed by atoms with van der Waals surface area (Å²) >= 11 is 0. The van der Waals surface area contributed by atoms with Crippen LogP contribution in [0.5, 0.6) is 0 Å². The van der Waals surface area contributed by atoms with E-state index in [4.69, 9.17) is 0 Å². The highest BCUT2D eigenvalue weighted by molar-refractivity contribution is 6.04. The maximum atomic E-state index is 12.9. The molecule has 0 saturated heterocycles. The Morgan fingerprint density at radius 1 is 1.24 bits per heavy atom. The van der Waals surface area contributed by atoms with Gasteiger partial charge in [0.25, 0.3) is 0 Å². The Morgan fingerprint density at radius 2 is 2.00 bits per heavy atom. The summed E-state index contributed by atoms with van der Waals surface area (Å²) in [4.78, 5) is 24.6. The van der Waals surface area contributed by atoms with Crippen molar-refractivity contribution >= 4 is 17.4 Å². The number of Topliss-reactive ketones (excluding diaryl/α,β-unsaturated/α-hetero) is 1. The van der Waals surface area contributed by atoms with Gasteiger partial charge in [0.1, 0.15) is 0 Å². The molecule has 1 fully saturated rings. The third kappa shape index (κ3) is 3.71. The average Bonchev–Trinajstić information content (AvgIpc) is 3.08. The Hall–Kier alpha value is -2.69. The van der Waals surface area contributed by atoms with E-state index in [0.717, 1.165) is 36.9 Å². The van der Waals surface area contributed by atoms with Crippen molar-refractivity contribution in [2.24, 2.45) is 13.0 Å². The number of aromatic nitrogens is 2. The molecule has 1 amide bonds. The molecule has 1 aromatic carbocycles. The van der Waals surface area contributed by atoms with Crippen molar-refractivity contribution in [3.05, 3.63) is 48.7 Å². The van der Waals surface area contributed by atoms with E-state index in [1.807, 2.05) is 19.2 Å². The van der Waals surface area contributed by atoms with E-state index in [-0.39, 0.29) is 17.6 Å². The van der Waals surface area contributed by atoms with Gasteiger partial charge in [0, 0.05) is 30.3 Å².